The van der Waals surface area contributed by atoms with Crippen LogP contribution in [0.5, 0.6) is 5.75 Å². The SMILES string of the molecule is O=C(NCC1CN(Cc2ccccc2)CCO1)c1cc2ccccc2cc1O. The van der Waals surface area contributed by atoms with Crippen molar-refractivity contribution in [3.05, 3.63) is 77.9 Å². The van der Waals surface area contributed by atoms with Crippen LogP contribution >= 0.6 is 0 Å². The molecule has 1 aliphatic rings. The Morgan fingerprint density at radius 3 is 2.57 bits per heavy atom. The van der Waals surface area contributed by atoms with Crippen LogP contribution in [0.15, 0.2) is 66.7 Å². The second kappa shape index (κ2) is 8.42. The molecule has 3 aromatic carbocycles. The van der Waals surface area contributed by atoms with E-state index >= 15 is 0 Å². The summed E-state index contributed by atoms with van der Waals surface area (Å²) < 4.78 is 5.81. The number of ether oxygens (including phenoxy) is 1. The molecule has 1 atom stereocenters. The first-order valence-corrected chi connectivity index (χ1v) is 9.57. The summed E-state index contributed by atoms with van der Waals surface area (Å²) in [5.41, 5.74) is 1.56. The van der Waals surface area contributed by atoms with E-state index in [9.17, 15) is 9.90 Å². The molecule has 0 bridgehead atoms. The number of amides is 1. The van der Waals surface area contributed by atoms with Gasteiger partial charge in [-0.2, -0.15) is 0 Å². The number of nitrogens with zero attached hydrogens (tertiary/aromatic N) is 1. The van der Waals surface area contributed by atoms with Gasteiger partial charge < -0.3 is 15.2 Å². The number of aromatic hydroxyl groups is 1. The maximum Gasteiger partial charge on any atom is 0.255 e. The van der Waals surface area contributed by atoms with Gasteiger partial charge in [-0.05, 0) is 28.5 Å². The molecule has 0 radical (unpaired) electrons. The molecule has 28 heavy (non-hydrogen) atoms. The van der Waals surface area contributed by atoms with Crippen LogP contribution in [0.4, 0.5) is 0 Å². The highest BCUT2D eigenvalue weighted by atomic mass is 16.5. The maximum atomic E-state index is 12.6. The van der Waals surface area contributed by atoms with Crippen LogP contribution in [0.2, 0.25) is 0 Å². The van der Waals surface area contributed by atoms with Gasteiger partial charge in [0, 0.05) is 26.2 Å². The molecule has 1 heterocycles. The van der Waals surface area contributed by atoms with Crippen molar-refractivity contribution in [1.29, 1.82) is 0 Å². The number of carbonyl (C=O) groups is 1. The fourth-order valence-corrected chi connectivity index (χ4v) is 3.60. The first-order chi connectivity index (χ1) is 13.7. The Morgan fingerprint density at radius 2 is 1.79 bits per heavy atom. The first-order valence-electron chi connectivity index (χ1n) is 9.57. The molecule has 0 aromatic heterocycles. The van der Waals surface area contributed by atoms with Gasteiger partial charge in [0.05, 0.1) is 18.3 Å². The summed E-state index contributed by atoms with van der Waals surface area (Å²) in [7, 11) is 0. The van der Waals surface area contributed by atoms with Crippen molar-refractivity contribution in [2.24, 2.45) is 0 Å². The molecule has 4 rings (SSSR count). The number of benzene rings is 3. The molecule has 1 amide bonds. The van der Waals surface area contributed by atoms with Gasteiger partial charge in [-0.1, -0.05) is 54.6 Å². The van der Waals surface area contributed by atoms with Crippen LogP contribution in [0, 0.1) is 0 Å². The van der Waals surface area contributed by atoms with Gasteiger partial charge in [-0.15, -0.1) is 0 Å². The summed E-state index contributed by atoms with van der Waals surface area (Å²) in [5, 5.41) is 15.0. The van der Waals surface area contributed by atoms with Gasteiger partial charge in [0.15, 0.2) is 0 Å². The fourth-order valence-electron chi connectivity index (χ4n) is 3.60. The van der Waals surface area contributed by atoms with E-state index in [0.29, 0.717) is 13.2 Å². The molecule has 1 saturated heterocycles. The number of nitrogens with one attached hydrogen (secondary N) is 1. The van der Waals surface area contributed by atoms with Gasteiger partial charge in [0.2, 0.25) is 0 Å². The summed E-state index contributed by atoms with van der Waals surface area (Å²) in [5.74, 6) is -0.293. The molecule has 0 spiro atoms. The molecule has 1 unspecified atom stereocenters. The lowest BCUT2D eigenvalue weighted by molar-refractivity contribution is -0.0292. The van der Waals surface area contributed by atoms with Gasteiger partial charge in [-0.25, -0.2) is 0 Å². The Morgan fingerprint density at radius 1 is 1.07 bits per heavy atom. The Labute approximate surface area is 164 Å². The molecule has 2 N–H and O–H groups in total. The summed E-state index contributed by atoms with van der Waals surface area (Å²) in [6.07, 6.45) is -0.0657. The average molecular weight is 376 g/mol. The first kappa shape index (κ1) is 18.5. The third-order valence-corrected chi connectivity index (χ3v) is 5.07. The molecule has 1 aliphatic heterocycles. The van der Waals surface area contributed by atoms with Gasteiger partial charge in [-0.3, -0.25) is 9.69 Å². The second-order valence-electron chi connectivity index (χ2n) is 7.14. The molecule has 144 valence electrons. The summed E-state index contributed by atoms with van der Waals surface area (Å²) in [4.78, 5) is 14.9. The van der Waals surface area contributed by atoms with Crippen molar-refractivity contribution < 1.29 is 14.6 Å². The zero-order valence-corrected chi connectivity index (χ0v) is 15.7. The zero-order valence-electron chi connectivity index (χ0n) is 15.7. The Kier molecular flexibility index (Phi) is 5.55. The summed E-state index contributed by atoms with van der Waals surface area (Å²) in [6, 6.07) is 21.4. The van der Waals surface area contributed by atoms with Crippen molar-refractivity contribution in [2.75, 3.05) is 26.2 Å². The normalized spacial score (nSPS) is 17.5. The predicted octanol–water partition coefficient (Wildman–Crippen LogP) is 3.18. The number of morpholine rings is 1. The monoisotopic (exact) mass is 376 g/mol. The minimum absolute atomic E-state index is 0.00790. The van der Waals surface area contributed by atoms with Crippen LogP contribution in [0.25, 0.3) is 10.8 Å². The van der Waals surface area contributed by atoms with E-state index in [0.717, 1.165) is 30.4 Å². The van der Waals surface area contributed by atoms with Crippen LogP contribution in [0.1, 0.15) is 15.9 Å². The topological polar surface area (TPSA) is 61.8 Å². The standard InChI is InChI=1S/C23H24N2O3/c26-22-13-19-9-5-4-8-18(19)12-21(22)23(27)24-14-20-16-25(10-11-28-20)15-17-6-2-1-3-7-17/h1-9,12-13,20,26H,10-11,14-16H2,(H,24,27). The van der Waals surface area contributed by atoms with Crippen molar-refractivity contribution in [3.63, 3.8) is 0 Å². The number of phenolic OH excluding ortho intramolecular Hbond substituents is 1. The minimum Gasteiger partial charge on any atom is -0.507 e. The van der Waals surface area contributed by atoms with Gasteiger partial charge in [0.1, 0.15) is 5.75 Å². The van der Waals surface area contributed by atoms with E-state index in [-0.39, 0.29) is 23.3 Å². The average Bonchev–Trinajstić information content (AvgIpc) is 2.72. The third-order valence-electron chi connectivity index (χ3n) is 5.07. The second-order valence-corrected chi connectivity index (χ2v) is 7.14. The van der Waals surface area contributed by atoms with Crippen LogP contribution in [-0.2, 0) is 11.3 Å². The molecule has 0 saturated carbocycles. The van der Waals surface area contributed by atoms with Crippen LogP contribution < -0.4 is 5.32 Å². The lowest BCUT2D eigenvalue weighted by Gasteiger charge is -2.33. The molecule has 0 aliphatic carbocycles. The molecule has 3 aromatic rings. The lowest BCUT2D eigenvalue weighted by Crippen LogP contribution is -2.47. The number of fused-ring (bicyclic) bond motifs is 1. The van der Waals surface area contributed by atoms with Crippen molar-refractivity contribution in [2.45, 2.75) is 12.6 Å². The lowest BCUT2D eigenvalue weighted by atomic mass is 10.1. The highest BCUT2D eigenvalue weighted by Gasteiger charge is 2.22. The molecular weight excluding hydrogens is 352 g/mol. The minimum atomic E-state index is -0.285. The predicted molar refractivity (Wildman–Crippen MR) is 109 cm³/mol. The number of phenols is 1. The summed E-state index contributed by atoms with van der Waals surface area (Å²) in [6.45, 7) is 3.58. The number of hydrogen-bond acceptors (Lipinski definition) is 4. The number of carbonyl (C=O) groups excluding carboxylic acids is 1. The smallest absolute Gasteiger partial charge is 0.255 e. The van der Waals surface area contributed by atoms with Crippen LogP contribution in [-0.4, -0.2) is 48.3 Å². The van der Waals surface area contributed by atoms with E-state index in [1.807, 2.05) is 42.5 Å². The third kappa shape index (κ3) is 4.32. The van der Waals surface area contributed by atoms with E-state index < -0.39 is 0 Å². The van der Waals surface area contributed by atoms with E-state index in [2.05, 4.69) is 22.3 Å². The quantitative estimate of drug-likeness (QED) is 0.718. The van der Waals surface area contributed by atoms with Gasteiger partial charge >= 0.3 is 0 Å². The zero-order chi connectivity index (χ0) is 19.3. The Hall–Kier alpha value is -2.89. The summed E-state index contributed by atoms with van der Waals surface area (Å²) >= 11 is 0. The van der Waals surface area contributed by atoms with E-state index in [1.165, 1.54) is 5.56 Å². The van der Waals surface area contributed by atoms with Crippen molar-refractivity contribution in [3.8, 4) is 5.75 Å². The largest absolute Gasteiger partial charge is 0.507 e. The fraction of sp³-hybridized carbons (Fsp3) is 0.261. The Bertz CT molecular complexity index is 958. The van der Waals surface area contributed by atoms with E-state index in [1.54, 1.807) is 12.1 Å². The van der Waals surface area contributed by atoms with Crippen molar-refractivity contribution in [1.82, 2.24) is 10.2 Å². The van der Waals surface area contributed by atoms with E-state index in [4.69, 9.17) is 4.74 Å². The van der Waals surface area contributed by atoms with Gasteiger partial charge in [0.25, 0.3) is 5.91 Å². The van der Waals surface area contributed by atoms with Crippen LogP contribution in [0.3, 0.4) is 0 Å². The maximum absolute atomic E-state index is 12.6. The highest BCUT2D eigenvalue weighted by molar-refractivity contribution is 6.01. The number of rotatable bonds is 5. The van der Waals surface area contributed by atoms with Crippen molar-refractivity contribution >= 4 is 16.7 Å². The number of hydrogen-bond donors (Lipinski definition) is 2. The highest BCUT2D eigenvalue weighted by Crippen LogP contribution is 2.25. The molecule has 5 nitrogen and oxygen atoms in total. The molecule has 1 fully saturated rings. The Balaban J connectivity index is 1.36. The molecular formula is C23H24N2O3. The molecule has 5 heteroatoms.